The van der Waals surface area contributed by atoms with Crippen molar-refractivity contribution in [2.75, 3.05) is 11.4 Å². The Morgan fingerprint density at radius 3 is 2.74 bits per heavy atom. The normalized spacial score (nSPS) is 16.1. The number of hydrogen-bond donors (Lipinski definition) is 0. The minimum atomic E-state index is -1.11. The van der Waals surface area contributed by atoms with E-state index in [1.54, 1.807) is 12.1 Å². The zero-order chi connectivity index (χ0) is 18.1. The quantitative estimate of drug-likeness (QED) is 0.698. The third kappa shape index (κ3) is 4.45. The summed E-state index contributed by atoms with van der Waals surface area (Å²) in [6, 6.07) is 11.1. The van der Waals surface area contributed by atoms with Crippen LogP contribution in [0.5, 0.6) is 5.75 Å². The number of hydrogen-bond acceptors (Lipinski definition) is 4. The van der Waals surface area contributed by atoms with Crippen molar-refractivity contribution < 1.29 is 44.2 Å². The van der Waals surface area contributed by atoms with Crippen LogP contribution in [0.2, 0.25) is 5.02 Å². The number of ether oxygens (including phenoxy) is 1. The van der Waals surface area contributed by atoms with Gasteiger partial charge in [0.1, 0.15) is 5.75 Å². The summed E-state index contributed by atoms with van der Waals surface area (Å²) in [6.07, 6.45) is 5.40. The third-order valence-corrected chi connectivity index (χ3v) is 5.53. The Morgan fingerprint density at radius 1 is 1.22 bits per heavy atom. The zero-order valence-corrected chi connectivity index (χ0v) is 18.3. The van der Waals surface area contributed by atoms with E-state index in [0.717, 1.165) is 54.8 Å². The number of carboxylic acid groups (broad SMARTS) is 1. The summed E-state index contributed by atoms with van der Waals surface area (Å²) in [5, 5.41) is 12.1. The summed E-state index contributed by atoms with van der Waals surface area (Å²) in [5.41, 5.74) is 3.16. The van der Waals surface area contributed by atoms with Crippen LogP contribution in [0.4, 0.5) is 5.69 Å². The fraction of sp³-hybridized carbons (Fsp3) is 0.381. The fourth-order valence-corrected chi connectivity index (χ4v) is 3.91. The van der Waals surface area contributed by atoms with Crippen molar-refractivity contribution in [3.63, 3.8) is 0 Å². The molecule has 0 saturated heterocycles. The second kappa shape index (κ2) is 8.87. The van der Waals surface area contributed by atoms with Gasteiger partial charge in [0, 0.05) is 34.9 Å². The van der Waals surface area contributed by atoms with Crippen LogP contribution in [-0.4, -0.2) is 18.6 Å². The molecule has 2 aliphatic rings. The molecule has 2 aromatic rings. The van der Waals surface area contributed by atoms with Gasteiger partial charge in [0.2, 0.25) is 0 Å². The fourth-order valence-electron chi connectivity index (χ4n) is 3.72. The zero-order valence-electron chi connectivity index (χ0n) is 15.5. The van der Waals surface area contributed by atoms with Gasteiger partial charge < -0.3 is 19.5 Å². The van der Waals surface area contributed by atoms with Crippen LogP contribution in [0, 0.1) is 0 Å². The topological polar surface area (TPSA) is 52.6 Å². The van der Waals surface area contributed by atoms with E-state index in [4.69, 9.17) is 16.3 Å². The molecule has 4 nitrogen and oxygen atoms in total. The number of rotatable bonds is 5. The molecule has 0 aromatic heterocycles. The number of carbonyl (C=O) groups excluding carboxylic acids is 1. The minimum absolute atomic E-state index is 0. The van der Waals surface area contributed by atoms with E-state index in [1.165, 1.54) is 6.42 Å². The second-order valence-corrected chi connectivity index (χ2v) is 7.48. The monoisotopic (exact) mass is 393 g/mol. The SMILES string of the molecule is O=C([O-])c1cccc2c1CCCN2Cc1cc(Cl)ccc1OC1CCC1.[Na+]. The van der Waals surface area contributed by atoms with Crippen LogP contribution in [0.3, 0.4) is 0 Å². The average Bonchev–Trinajstić information content (AvgIpc) is 2.59. The predicted octanol–water partition coefficient (Wildman–Crippen LogP) is 0.592. The van der Waals surface area contributed by atoms with Crippen LogP contribution in [0.1, 0.15) is 47.2 Å². The molecule has 4 rings (SSSR count). The Hall–Kier alpha value is -1.20. The van der Waals surface area contributed by atoms with Crippen LogP contribution in [-0.2, 0) is 13.0 Å². The first-order chi connectivity index (χ1) is 12.6. The van der Waals surface area contributed by atoms with E-state index >= 15 is 0 Å². The van der Waals surface area contributed by atoms with Crippen LogP contribution >= 0.6 is 11.6 Å². The van der Waals surface area contributed by atoms with Gasteiger partial charge in [0.05, 0.1) is 12.1 Å². The Labute approximate surface area is 186 Å². The van der Waals surface area contributed by atoms with E-state index in [9.17, 15) is 9.90 Å². The molecule has 0 bridgehead atoms. The Kier molecular flexibility index (Phi) is 6.74. The van der Waals surface area contributed by atoms with E-state index in [2.05, 4.69) is 4.90 Å². The number of carboxylic acids is 1. The summed E-state index contributed by atoms with van der Waals surface area (Å²) in [7, 11) is 0. The number of benzene rings is 2. The van der Waals surface area contributed by atoms with Crippen molar-refractivity contribution in [1.29, 1.82) is 0 Å². The van der Waals surface area contributed by atoms with Crippen molar-refractivity contribution in [1.82, 2.24) is 0 Å². The van der Waals surface area contributed by atoms with Crippen molar-refractivity contribution in [2.45, 2.75) is 44.8 Å². The second-order valence-electron chi connectivity index (χ2n) is 7.04. The Bertz CT molecular complexity index is 838. The molecule has 0 atom stereocenters. The Morgan fingerprint density at radius 2 is 2.04 bits per heavy atom. The van der Waals surface area contributed by atoms with Gasteiger partial charge in [-0.2, -0.15) is 0 Å². The smallest absolute Gasteiger partial charge is 0.545 e. The molecular weight excluding hydrogens is 373 g/mol. The van der Waals surface area contributed by atoms with Crippen molar-refractivity contribution >= 4 is 23.3 Å². The number of nitrogens with zero attached hydrogens (tertiary/aromatic N) is 1. The maximum absolute atomic E-state index is 11.4. The minimum Gasteiger partial charge on any atom is -0.545 e. The molecule has 0 radical (unpaired) electrons. The first-order valence-corrected chi connectivity index (χ1v) is 9.53. The summed E-state index contributed by atoms with van der Waals surface area (Å²) in [5.74, 6) is -0.234. The molecule has 0 amide bonds. The van der Waals surface area contributed by atoms with Gasteiger partial charge in [-0.25, -0.2) is 0 Å². The molecule has 0 unspecified atom stereocenters. The first kappa shape index (κ1) is 20.5. The molecule has 6 heteroatoms. The van der Waals surface area contributed by atoms with Gasteiger partial charge in [-0.05, 0) is 61.9 Å². The molecule has 2 aromatic carbocycles. The van der Waals surface area contributed by atoms with E-state index < -0.39 is 5.97 Å². The van der Waals surface area contributed by atoms with Crippen LogP contribution in [0.25, 0.3) is 0 Å². The number of halogens is 1. The Balaban J connectivity index is 0.00000210. The van der Waals surface area contributed by atoms with Crippen molar-refractivity contribution in [3.8, 4) is 5.75 Å². The van der Waals surface area contributed by atoms with Gasteiger partial charge in [-0.3, -0.25) is 0 Å². The van der Waals surface area contributed by atoms with Crippen molar-refractivity contribution in [3.05, 3.63) is 58.1 Å². The van der Waals surface area contributed by atoms with Gasteiger partial charge in [0.15, 0.2) is 0 Å². The molecule has 1 saturated carbocycles. The maximum Gasteiger partial charge on any atom is 1.00 e. The average molecular weight is 394 g/mol. The standard InChI is InChI=1S/C21H22ClNO3.Na/c22-15-9-10-20(26-16-4-1-5-16)14(12-15)13-23-11-3-7-17-18(21(24)25)6-2-8-19(17)23;/h2,6,8-10,12,16H,1,3-5,7,11,13H2,(H,24,25);/q;+1/p-1. The van der Waals surface area contributed by atoms with Crippen LogP contribution in [0.15, 0.2) is 36.4 Å². The summed E-state index contributed by atoms with van der Waals surface area (Å²) in [6.45, 7) is 1.52. The van der Waals surface area contributed by atoms with E-state index in [0.29, 0.717) is 23.2 Å². The molecule has 1 aliphatic carbocycles. The number of fused-ring (bicyclic) bond motifs is 1. The maximum atomic E-state index is 11.4. The summed E-state index contributed by atoms with van der Waals surface area (Å²) in [4.78, 5) is 13.6. The van der Waals surface area contributed by atoms with E-state index in [1.807, 2.05) is 24.3 Å². The number of carbonyl (C=O) groups is 1. The largest absolute Gasteiger partial charge is 1.00 e. The van der Waals surface area contributed by atoms with E-state index in [-0.39, 0.29) is 29.6 Å². The van der Waals surface area contributed by atoms with Gasteiger partial charge in [0.25, 0.3) is 0 Å². The van der Waals surface area contributed by atoms with Gasteiger partial charge >= 0.3 is 29.6 Å². The first-order valence-electron chi connectivity index (χ1n) is 9.15. The number of anilines is 1. The molecule has 1 fully saturated rings. The number of aromatic carboxylic acids is 1. The molecule has 0 N–H and O–H groups in total. The molecular formula is C21H21ClNNaO3. The third-order valence-electron chi connectivity index (χ3n) is 5.30. The van der Waals surface area contributed by atoms with Crippen LogP contribution < -0.4 is 44.3 Å². The van der Waals surface area contributed by atoms with Gasteiger partial charge in [-0.15, -0.1) is 0 Å². The van der Waals surface area contributed by atoms with Gasteiger partial charge in [-0.1, -0.05) is 23.7 Å². The molecule has 1 aliphatic heterocycles. The summed E-state index contributed by atoms with van der Waals surface area (Å²) >= 11 is 6.23. The van der Waals surface area contributed by atoms with Crippen molar-refractivity contribution in [2.24, 2.45) is 0 Å². The molecule has 136 valence electrons. The molecule has 0 spiro atoms. The summed E-state index contributed by atoms with van der Waals surface area (Å²) < 4.78 is 6.14. The molecule has 1 heterocycles. The molecule has 27 heavy (non-hydrogen) atoms. The predicted molar refractivity (Wildman–Crippen MR) is 99.9 cm³/mol.